The molecule has 0 aromatic carbocycles. The molecule has 1 unspecified atom stereocenters. The minimum Gasteiger partial charge on any atom is -0.350 e. The number of hydrogen-bond acceptors (Lipinski definition) is 4. The second kappa shape index (κ2) is 5.96. The monoisotopic (exact) mass is 241 g/mol. The summed E-state index contributed by atoms with van der Waals surface area (Å²) in [6, 6.07) is -0.408. The minimum absolute atomic E-state index is 0.0836. The van der Waals surface area contributed by atoms with Crippen molar-refractivity contribution in [2.45, 2.75) is 39.8 Å². The first kappa shape index (κ1) is 13.1. The SMILES string of the molecule is Cc1ncc(CNC(=O)C(N)CC(C)C)s1. The topological polar surface area (TPSA) is 68.0 Å². The van der Waals surface area contributed by atoms with Gasteiger partial charge in [-0.3, -0.25) is 4.79 Å². The number of nitrogens with one attached hydrogen (secondary N) is 1. The fraction of sp³-hybridized carbons (Fsp3) is 0.636. The van der Waals surface area contributed by atoms with E-state index in [4.69, 9.17) is 5.73 Å². The first-order chi connectivity index (χ1) is 7.49. The van der Waals surface area contributed by atoms with Gasteiger partial charge in [0.1, 0.15) is 0 Å². The molecule has 1 amide bonds. The number of nitrogens with two attached hydrogens (primary N) is 1. The summed E-state index contributed by atoms with van der Waals surface area (Å²) in [5.41, 5.74) is 5.76. The molecule has 1 heterocycles. The van der Waals surface area contributed by atoms with E-state index < -0.39 is 6.04 Å². The van der Waals surface area contributed by atoms with Gasteiger partial charge < -0.3 is 11.1 Å². The van der Waals surface area contributed by atoms with Crippen molar-refractivity contribution >= 4 is 17.2 Å². The predicted octanol–water partition coefficient (Wildman–Crippen LogP) is 1.44. The van der Waals surface area contributed by atoms with Crippen LogP contribution in [0.5, 0.6) is 0 Å². The molecule has 0 bridgehead atoms. The van der Waals surface area contributed by atoms with E-state index in [0.717, 1.165) is 9.88 Å². The number of aryl methyl sites for hydroxylation is 1. The van der Waals surface area contributed by atoms with Gasteiger partial charge in [0, 0.05) is 11.1 Å². The van der Waals surface area contributed by atoms with Gasteiger partial charge in [0.25, 0.3) is 0 Å². The van der Waals surface area contributed by atoms with Crippen LogP contribution in [0.3, 0.4) is 0 Å². The minimum atomic E-state index is -0.408. The molecular weight excluding hydrogens is 222 g/mol. The molecule has 0 spiro atoms. The van der Waals surface area contributed by atoms with Crippen molar-refractivity contribution in [2.75, 3.05) is 0 Å². The van der Waals surface area contributed by atoms with Crippen LogP contribution in [0, 0.1) is 12.8 Å². The van der Waals surface area contributed by atoms with Crippen LogP contribution in [0.4, 0.5) is 0 Å². The first-order valence-electron chi connectivity index (χ1n) is 5.43. The number of nitrogens with zero attached hydrogens (tertiary/aromatic N) is 1. The Kier molecular flexibility index (Phi) is 4.89. The van der Waals surface area contributed by atoms with Gasteiger partial charge in [0.05, 0.1) is 17.6 Å². The molecule has 0 aliphatic carbocycles. The maximum Gasteiger partial charge on any atom is 0.237 e. The standard InChI is InChI=1S/C11H19N3OS/c1-7(2)4-10(12)11(15)14-6-9-5-13-8(3)16-9/h5,7,10H,4,6,12H2,1-3H3,(H,14,15). The Bertz CT molecular complexity index is 349. The number of aromatic nitrogens is 1. The van der Waals surface area contributed by atoms with Crippen LogP contribution in [0.15, 0.2) is 6.20 Å². The summed E-state index contributed by atoms with van der Waals surface area (Å²) in [5, 5.41) is 3.83. The molecule has 1 rings (SSSR count). The Morgan fingerprint density at radius 3 is 2.81 bits per heavy atom. The molecule has 0 fully saturated rings. The lowest BCUT2D eigenvalue weighted by atomic mass is 10.0. The van der Waals surface area contributed by atoms with E-state index in [1.807, 2.05) is 6.92 Å². The van der Waals surface area contributed by atoms with Crippen LogP contribution in [-0.2, 0) is 11.3 Å². The quantitative estimate of drug-likeness (QED) is 0.819. The molecule has 5 heteroatoms. The second-order valence-electron chi connectivity index (χ2n) is 4.30. The lowest BCUT2D eigenvalue weighted by molar-refractivity contribution is -0.122. The van der Waals surface area contributed by atoms with Crippen LogP contribution in [0.2, 0.25) is 0 Å². The summed E-state index contributed by atoms with van der Waals surface area (Å²) >= 11 is 1.59. The average Bonchev–Trinajstić information content (AvgIpc) is 2.59. The largest absolute Gasteiger partial charge is 0.350 e. The predicted molar refractivity (Wildman–Crippen MR) is 66.1 cm³/mol. The van der Waals surface area contributed by atoms with Gasteiger partial charge in [-0.05, 0) is 19.3 Å². The van der Waals surface area contributed by atoms with Crippen molar-refractivity contribution < 1.29 is 4.79 Å². The Hall–Kier alpha value is -0.940. The van der Waals surface area contributed by atoms with Gasteiger partial charge in [-0.1, -0.05) is 13.8 Å². The molecule has 0 aliphatic rings. The molecule has 90 valence electrons. The highest BCUT2D eigenvalue weighted by molar-refractivity contribution is 7.11. The van der Waals surface area contributed by atoms with Gasteiger partial charge in [0.2, 0.25) is 5.91 Å². The van der Waals surface area contributed by atoms with Crippen molar-refractivity contribution in [3.8, 4) is 0 Å². The normalized spacial score (nSPS) is 12.8. The third-order valence-electron chi connectivity index (χ3n) is 2.17. The lowest BCUT2D eigenvalue weighted by Crippen LogP contribution is -2.40. The van der Waals surface area contributed by atoms with Gasteiger partial charge >= 0.3 is 0 Å². The van der Waals surface area contributed by atoms with E-state index in [0.29, 0.717) is 18.9 Å². The zero-order chi connectivity index (χ0) is 12.1. The summed E-state index contributed by atoms with van der Waals surface area (Å²) in [6.07, 6.45) is 2.50. The Balaban J connectivity index is 2.35. The Morgan fingerprint density at radius 2 is 2.31 bits per heavy atom. The molecule has 3 N–H and O–H groups in total. The zero-order valence-electron chi connectivity index (χ0n) is 9.99. The molecule has 1 aromatic heterocycles. The maximum atomic E-state index is 11.6. The highest BCUT2D eigenvalue weighted by atomic mass is 32.1. The average molecular weight is 241 g/mol. The van der Waals surface area contributed by atoms with Crippen molar-refractivity contribution in [1.82, 2.24) is 10.3 Å². The molecule has 0 aliphatic heterocycles. The summed E-state index contributed by atoms with van der Waals surface area (Å²) in [7, 11) is 0. The van der Waals surface area contributed by atoms with Crippen LogP contribution in [0.1, 0.15) is 30.2 Å². The summed E-state index contributed by atoms with van der Waals surface area (Å²) < 4.78 is 0. The molecule has 16 heavy (non-hydrogen) atoms. The fourth-order valence-electron chi connectivity index (χ4n) is 1.41. The molecule has 0 saturated carbocycles. The van der Waals surface area contributed by atoms with E-state index >= 15 is 0 Å². The molecular formula is C11H19N3OS. The number of rotatable bonds is 5. The fourth-order valence-corrected chi connectivity index (χ4v) is 2.14. The first-order valence-corrected chi connectivity index (χ1v) is 6.25. The third-order valence-corrected chi connectivity index (χ3v) is 3.08. The maximum absolute atomic E-state index is 11.6. The van der Waals surface area contributed by atoms with Gasteiger partial charge in [-0.25, -0.2) is 4.98 Å². The van der Waals surface area contributed by atoms with Crippen LogP contribution >= 0.6 is 11.3 Å². The smallest absolute Gasteiger partial charge is 0.237 e. The van der Waals surface area contributed by atoms with E-state index in [9.17, 15) is 4.79 Å². The van der Waals surface area contributed by atoms with E-state index in [1.54, 1.807) is 17.5 Å². The van der Waals surface area contributed by atoms with Gasteiger partial charge in [-0.2, -0.15) is 0 Å². The number of amides is 1. The number of carbonyl (C=O) groups excluding carboxylic acids is 1. The lowest BCUT2D eigenvalue weighted by Gasteiger charge is -2.13. The molecule has 0 radical (unpaired) electrons. The van der Waals surface area contributed by atoms with Crippen LogP contribution in [0.25, 0.3) is 0 Å². The van der Waals surface area contributed by atoms with Crippen molar-refractivity contribution in [1.29, 1.82) is 0 Å². The van der Waals surface area contributed by atoms with Crippen molar-refractivity contribution in [3.05, 3.63) is 16.1 Å². The summed E-state index contributed by atoms with van der Waals surface area (Å²) in [4.78, 5) is 16.8. The number of carbonyl (C=O) groups is 1. The van der Waals surface area contributed by atoms with E-state index in [2.05, 4.69) is 24.1 Å². The number of thiazole rings is 1. The highest BCUT2D eigenvalue weighted by Crippen LogP contribution is 2.11. The van der Waals surface area contributed by atoms with E-state index in [1.165, 1.54) is 0 Å². The van der Waals surface area contributed by atoms with Crippen molar-refractivity contribution in [2.24, 2.45) is 11.7 Å². The van der Waals surface area contributed by atoms with Gasteiger partial charge in [0.15, 0.2) is 0 Å². The summed E-state index contributed by atoms with van der Waals surface area (Å²) in [6.45, 7) is 6.58. The molecule has 0 saturated heterocycles. The molecule has 4 nitrogen and oxygen atoms in total. The second-order valence-corrected chi connectivity index (χ2v) is 5.62. The molecule has 1 atom stereocenters. The van der Waals surface area contributed by atoms with Crippen LogP contribution in [-0.4, -0.2) is 16.9 Å². The Morgan fingerprint density at radius 1 is 1.62 bits per heavy atom. The van der Waals surface area contributed by atoms with Crippen LogP contribution < -0.4 is 11.1 Å². The molecule has 1 aromatic rings. The summed E-state index contributed by atoms with van der Waals surface area (Å²) in [5.74, 6) is 0.353. The number of hydrogen-bond donors (Lipinski definition) is 2. The van der Waals surface area contributed by atoms with Crippen molar-refractivity contribution in [3.63, 3.8) is 0 Å². The highest BCUT2D eigenvalue weighted by Gasteiger charge is 2.14. The van der Waals surface area contributed by atoms with Gasteiger partial charge in [-0.15, -0.1) is 11.3 Å². The third kappa shape index (κ3) is 4.28. The zero-order valence-corrected chi connectivity index (χ0v) is 10.8. The van der Waals surface area contributed by atoms with E-state index in [-0.39, 0.29) is 5.91 Å². The Labute approximate surface area is 100 Å².